The van der Waals surface area contributed by atoms with Crippen molar-refractivity contribution in [3.05, 3.63) is 53.4 Å². The summed E-state index contributed by atoms with van der Waals surface area (Å²) < 4.78 is 12.5. The van der Waals surface area contributed by atoms with E-state index in [1.165, 1.54) is 13.4 Å². The van der Waals surface area contributed by atoms with E-state index in [1.54, 1.807) is 18.3 Å². The maximum absolute atomic E-state index is 13.1. The summed E-state index contributed by atoms with van der Waals surface area (Å²) in [6, 6.07) is 3.21. The Morgan fingerprint density at radius 2 is 2.15 bits per heavy atom. The summed E-state index contributed by atoms with van der Waals surface area (Å²) in [7, 11) is 3.45. The first-order valence-electron chi connectivity index (χ1n) is 10.9. The summed E-state index contributed by atoms with van der Waals surface area (Å²) >= 11 is 0. The minimum absolute atomic E-state index is 0.200. The molecule has 1 saturated heterocycles. The van der Waals surface area contributed by atoms with Crippen LogP contribution in [0.3, 0.4) is 0 Å². The lowest BCUT2D eigenvalue weighted by molar-refractivity contribution is 0.0870. The zero-order valence-electron chi connectivity index (χ0n) is 18.6. The fourth-order valence-corrected chi connectivity index (χ4v) is 4.36. The van der Waals surface area contributed by atoms with Crippen molar-refractivity contribution in [2.24, 2.45) is 7.05 Å². The second-order valence-corrected chi connectivity index (χ2v) is 8.32. The summed E-state index contributed by atoms with van der Waals surface area (Å²) in [6.07, 6.45) is 8.65. The van der Waals surface area contributed by atoms with Crippen molar-refractivity contribution in [3.63, 3.8) is 0 Å². The highest BCUT2D eigenvalue weighted by molar-refractivity contribution is 5.93. The highest BCUT2D eigenvalue weighted by atomic mass is 16.5. The molecular formula is C23H26N6O4. The number of ether oxygens (including phenoxy) is 1. The average Bonchev–Trinajstić information content (AvgIpc) is 3.47. The average molecular weight is 450 g/mol. The number of fused-ring (bicyclic) bond motifs is 1. The van der Waals surface area contributed by atoms with E-state index in [1.807, 2.05) is 17.9 Å². The molecule has 1 aliphatic carbocycles. The summed E-state index contributed by atoms with van der Waals surface area (Å²) in [6.45, 7) is 1.48. The number of nitrogens with one attached hydrogen (secondary N) is 1. The van der Waals surface area contributed by atoms with Crippen molar-refractivity contribution < 1.29 is 19.1 Å². The van der Waals surface area contributed by atoms with Gasteiger partial charge in [0.2, 0.25) is 11.8 Å². The molecule has 0 aromatic carbocycles. The minimum atomic E-state index is -0.314. The largest absolute Gasteiger partial charge is 0.481 e. The number of rotatable bonds is 5. The van der Waals surface area contributed by atoms with Gasteiger partial charge in [-0.1, -0.05) is 0 Å². The molecule has 4 heterocycles. The van der Waals surface area contributed by atoms with Crippen LogP contribution in [-0.4, -0.2) is 68.0 Å². The number of amides is 1. The second-order valence-electron chi connectivity index (χ2n) is 8.32. The summed E-state index contributed by atoms with van der Waals surface area (Å²) in [5, 5.41) is 17.4. The predicted octanol–water partition coefficient (Wildman–Crippen LogP) is 1.63. The Morgan fingerprint density at radius 1 is 1.33 bits per heavy atom. The van der Waals surface area contributed by atoms with Crippen LogP contribution in [-0.2, 0) is 13.5 Å². The van der Waals surface area contributed by atoms with Crippen LogP contribution in [0, 0.1) is 0 Å². The Kier molecular flexibility index (Phi) is 5.59. The van der Waals surface area contributed by atoms with E-state index < -0.39 is 0 Å². The Hall–Kier alpha value is -3.66. The molecule has 1 aliphatic heterocycles. The number of aliphatic hydroxyl groups is 1. The van der Waals surface area contributed by atoms with Gasteiger partial charge in [-0.2, -0.15) is 5.10 Å². The van der Waals surface area contributed by atoms with Crippen LogP contribution in [0.5, 0.6) is 5.88 Å². The number of hydrogen-bond acceptors (Lipinski definition) is 8. The smallest absolute Gasteiger partial charge is 0.273 e. The number of aromatic nitrogens is 4. The van der Waals surface area contributed by atoms with Gasteiger partial charge in [-0.05, 0) is 30.5 Å². The Morgan fingerprint density at radius 3 is 2.94 bits per heavy atom. The first-order valence-corrected chi connectivity index (χ1v) is 10.9. The SMILES string of the molecule is COc1cc(-c2nc(C(=O)NC3Cc4cnn(C)c4C=C3N3CCC(O)CC3)co2)ccn1. The van der Waals surface area contributed by atoms with Crippen LogP contribution in [0.25, 0.3) is 17.5 Å². The number of aliphatic hydroxyl groups excluding tert-OH is 1. The molecule has 2 N–H and O–H groups in total. The van der Waals surface area contributed by atoms with Gasteiger partial charge in [0.15, 0.2) is 5.69 Å². The topological polar surface area (TPSA) is 119 Å². The van der Waals surface area contributed by atoms with Gasteiger partial charge in [0, 0.05) is 50.1 Å². The molecule has 1 atom stereocenters. The van der Waals surface area contributed by atoms with Gasteiger partial charge in [0.05, 0.1) is 31.1 Å². The normalized spacial score (nSPS) is 18.6. The van der Waals surface area contributed by atoms with Gasteiger partial charge in [0.1, 0.15) is 6.26 Å². The molecular weight excluding hydrogens is 424 g/mol. The lowest BCUT2D eigenvalue weighted by Gasteiger charge is -2.38. The van der Waals surface area contributed by atoms with E-state index in [4.69, 9.17) is 9.15 Å². The number of methoxy groups -OCH3 is 1. The van der Waals surface area contributed by atoms with E-state index in [-0.39, 0.29) is 23.7 Å². The monoisotopic (exact) mass is 450 g/mol. The van der Waals surface area contributed by atoms with Gasteiger partial charge in [-0.3, -0.25) is 9.48 Å². The molecule has 0 saturated carbocycles. The van der Waals surface area contributed by atoms with Crippen LogP contribution in [0.15, 0.2) is 40.9 Å². The van der Waals surface area contributed by atoms with Crippen LogP contribution in [0.1, 0.15) is 34.6 Å². The molecule has 172 valence electrons. The van der Waals surface area contributed by atoms with Crippen molar-refractivity contribution in [3.8, 4) is 17.3 Å². The predicted molar refractivity (Wildman–Crippen MR) is 119 cm³/mol. The van der Waals surface area contributed by atoms with Crippen molar-refractivity contribution in [1.29, 1.82) is 0 Å². The number of carbonyl (C=O) groups excluding carboxylic acids is 1. The number of pyridine rings is 1. The number of carbonyl (C=O) groups is 1. The third-order valence-corrected chi connectivity index (χ3v) is 6.19. The zero-order valence-corrected chi connectivity index (χ0v) is 18.6. The van der Waals surface area contributed by atoms with Crippen molar-refractivity contribution in [2.45, 2.75) is 31.4 Å². The quantitative estimate of drug-likeness (QED) is 0.602. The molecule has 1 fully saturated rings. The van der Waals surface area contributed by atoms with E-state index in [9.17, 15) is 9.90 Å². The summed E-state index contributed by atoms with van der Waals surface area (Å²) in [5.74, 6) is 0.443. The Bertz CT molecular complexity index is 1190. The zero-order chi connectivity index (χ0) is 22.9. The fraction of sp³-hybridized carbons (Fsp3) is 0.391. The molecule has 1 unspecified atom stereocenters. The maximum Gasteiger partial charge on any atom is 0.273 e. The molecule has 33 heavy (non-hydrogen) atoms. The minimum Gasteiger partial charge on any atom is -0.481 e. The molecule has 5 rings (SSSR count). The van der Waals surface area contributed by atoms with E-state index in [2.05, 4.69) is 31.4 Å². The lowest BCUT2D eigenvalue weighted by atomic mass is 9.94. The summed E-state index contributed by atoms with van der Waals surface area (Å²) in [5.41, 5.74) is 4.01. The van der Waals surface area contributed by atoms with E-state index in [0.29, 0.717) is 36.6 Å². The number of aryl methyl sites for hydroxylation is 1. The molecule has 3 aromatic rings. The molecule has 0 radical (unpaired) electrons. The highest BCUT2D eigenvalue weighted by Gasteiger charge is 2.31. The standard InChI is InChI=1S/C23H26N6O4/c1-28-19-11-20(29-7-4-16(30)5-8-29)17(9-15(19)12-25-28)26-22(31)18-13-33-23(27-18)14-3-6-24-21(10-14)32-2/h3,6,10-13,16-17,30H,4-5,7-9H2,1-2H3,(H,26,31). The summed E-state index contributed by atoms with van der Waals surface area (Å²) in [4.78, 5) is 23.8. The van der Waals surface area contributed by atoms with Gasteiger partial charge < -0.3 is 24.5 Å². The van der Waals surface area contributed by atoms with Crippen LogP contribution < -0.4 is 10.1 Å². The highest BCUT2D eigenvalue weighted by Crippen LogP contribution is 2.29. The van der Waals surface area contributed by atoms with E-state index in [0.717, 1.165) is 30.0 Å². The van der Waals surface area contributed by atoms with Gasteiger partial charge in [-0.25, -0.2) is 9.97 Å². The van der Waals surface area contributed by atoms with Crippen LogP contribution >= 0.6 is 0 Å². The van der Waals surface area contributed by atoms with Crippen molar-refractivity contribution in [1.82, 2.24) is 30.0 Å². The first-order chi connectivity index (χ1) is 16.0. The van der Waals surface area contributed by atoms with Crippen molar-refractivity contribution in [2.75, 3.05) is 20.2 Å². The third-order valence-electron chi connectivity index (χ3n) is 6.19. The molecule has 10 heteroatoms. The molecule has 3 aromatic heterocycles. The Labute approximate surface area is 190 Å². The maximum atomic E-state index is 13.1. The number of piperidine rings is 1. The lowest BCUT2D eigenvalue weighted by Crippen LogP contribution is -2.47. The first kappa shape index (κ1) is 21.2. The number of hydrogen-bond donors (Lipinski definition) is 2. The number of oxazole rings is 1. The van der Waals surface area contributed by atoms with Gasteiger partial charge >= 0.3 is 0 Å². The fourth-order valence-electron chi connectivity index (χ4n) is 4.36. The Balaban J connectivity index is 1.37. The molecule has 1 amide bonds. The number of nitrogens with zero attached hydrogens (tertiary/aromatic N) is 5. The van der Waals surface area contributed by atoms with Gasteiger partial charge in [-0.15, -0.1) is 0 Å². The van der Waals surface area contributed by atoms with Crippen LogP contribution in [0.4, 0.5) is 0 Å². The second kappa shape index (κ2) is 8.70. The van der Waals surface area contributed by atoms with Gasteiger partial charge in [0.25, 0.3) is 5.91 Å². The molecule has 0 spiro atoms. The number of likely N-dealkylation sites (tertiary alicyclic amines) is 1. The molecule has 0 bridgehead atoms. The van der Waals surface area contributed by atoms with Crippen LogP contribution in [0.2, 0.25) is 0 Å². The van der Waals surface area contributed by atoms with Crippen molar-refractivity contribution >= 4 is 12.0 Å². The molecule has 2 aliphatic rings. The third kappa shape index (κ3) is 4.21. The van der Waals surface area contributed by atoms with E-state index >= 15 is 0 Å². The molecule has 10 nitrogen and oxygen atoms in total.